The minimum Gasteiger partial charge on any atom is -0.495 e. The number of halogens is 1. The molecular formula is C13H15BrN2O2. The number of hydrogen-bond acceptors (Lipinski definition) is 3. The molecule has 18 heavy (non-hydrogen) atoms. The highest BCUT2D eigenvalue weighted by Gasteiger charge is 2.23. The van der Waals surface area contributed by atoms with Crippen molar-refractivity contribution in [2.45, 2.75) is 12.5 Å². The fraction of sp³-hybridized carbons (Fsp3) is 0.308. The highest BCUT2D eigenvalue weighted by molar-refractivity contribution is 9.10. The summed E-state index contributed by atoms with van der Waals surface area (Å²) in [5.74, 6) is 0.414. The van der Waals surface area contributed by atoms with Crippen LogP contribution in [0.5, 0.6) is 5.75 Å². The van der Waals surface area contributed by atoms with Gasteiger partial charge in [-0.05, 0) is 24.6 Å². The van der Waals surface area contributed by atoms with Crippen LogP contribution in [0.25, 0.3) is 0 Å². The number of nitrogens with one attached hydrogen (secondary N) is 1. The predicted octanol–water partition coefficient (Wildman–Crippen LogP) is 2.30. The average molecular weight is 311 g/mol. The third-order valence-electron chi connectivity index (χ3n) is 2.87. The Hall–Kier alpha value is -1.33. The summed E-state index contributed by atoms with van der Waals surface area (Å²) in [6, 6.07) is 5.45. The number of anilines is 1. The molecule has 0 radical (unpaired) electrons. The maximum Gasteiger partial charge on any atom is 0.231 e. The van der Waals surface area contributed by atoms with E-state index in [9.17, 15) is 4.79 Å². The first-order valence-corrected chi connectivity index (χ1v) is 6.48. The van der Waals surface area contributed by atoms with Crippen molar-refractivity contribution in [1.82, 2.24) is 0 Å². The zero-order valence-corrected chi connectivity index (χ0v) is 11.6. The molecule has 5 heteroatoms. The van der Waals surface area contributed by atoms with Gasteiger partial charge in [0.25, 0.3) is 0 Å². The molecule has 2 atom stereocenters. The Morgan fingerprint density at radius 3 is 2.89 bits per heavy atom. The molecule has 0 aromatic heterocycles. The van der Waals surface area contributed by atoms with Crippen LogP contribution < -0.4 is 15.8 Å². The van der Waals surface area contributed by atoms with Gasteiger partial charge in [-0.15, -0.1) is 0 Å². The summed E-state index contributed by atoms with van der Waals surface area (Å²) in [5.41, 5.74) is 6.40. The van der Waals surface area contributed by atoms with Crippen molar-refractivity contribution < 1.29 is 9.53 Å². The highest BCUT2D eigenvalue weighted by atomic mass is 79.9. The maximum absolute atomic E-state index is 12.1. The monoisotopic (exact) mass is 310 g/mol. The topological polar surface area (TPSA) is 64.3 Å². The Morgan fingerprint density at radius 1 is 1.50 bits per heavy atom. The van der Waals surface area contributed by atoms with Gasteiger partial charge in [0.05, 0.1) is 18.7 Å². The molecule has 0 heterocycles. The average Bonchev–Trinajstić information content (AvgIpc) is 2.76. The number of hydrogen-bond donors (Lipinski definition) is 2. The predicted molar refractivity (Wildman–Crippen MR) is 74.5 cm³/mol. The Morgan fingerprint density at radius 2 is 2.28 bits per heavy atom. The van der Waals surface area contributed by atoms with Gasteiger partial charge < -0.3 is 15.8 Å². The zero-order chi connectivity index (χ0) is 13.1. The SMILES string of the molecule is COc1ccc(Br)cc1NC(=O)C1C=CC(N)C1. The molecule has 0 aliphatic heterocycles. The smallest absolute Gasteiger partial charge is 0.231 e. The van der Waals surface area contributed by atoms with E-state index < -0.39 is 0 Å². The van der Waals surface area contributed by atoms with Gasteiger partial charge in [-0.2, -0.15) is 0 Å². The van der Waals surface area contributed by atoms with Crippen molar-refractivity contribution >= 4 is 27.5 Å². The largest absolute Gasteiger partial charge is 0.495 e. The lowest BCUT2D eigenvalue weighted by atomic mass is 10.1. The summed E-state index contributed by atoms with van der Waals surface area (Å²) in [4.78, 5) is 12.1. The zero-order valence-electron chi connectivity index (χ0n) is 10.0. The molecule has 4 nitrogen and oxygen atoms in total. The van der Waals surface area contributed by atoms with Crippen molar-refractivity contribution in [3.8, 4) is 5.75 Å². The molecule has 1 aliphatic carbocycles. The number of benzene rings is 1. The molecule has 0 saturated carbocycles. The fourth-order valence-electron chi connectivity index (χ4n) is 1.92. The third-order valence-corrected chi connectivity index (χ3v) is 3.37. The van der Waals surface area contributed by atoms with Gasteiger partial charge in [0.2, 0.25) is 5.91 Å². The molecule has 3 N–H and O–H groups in total. The van der Waals surface area contributed by atoms with Gasteiger partial charge in [0.1, 0.15) is 5.75 Å². The second kappa shape index (κ2) is 5.54. The second-order valence-electron chi connectivity index (χ2n) is 4.22. The van der Waals surface area contributed by atoms with E-state index in [1.54, 1.807) is 13.2 Å². The van der Waals surface area contributed by atoms with Gasteiger partial charge in [0, 0.05) is 10.5 Å². The molecule has 0 spiro atoms. The quantitative estimate of drug-likeness (QED) is 0.842. The van der Waals surface area contributed by atoms with Gasteiger partial charge >= 0.3 is 0 Å². The van der Waals surface area contributed by atoms with Crippen LogP contribution >= 0.6 is 15.9 Å². The molecule has 2 unspecified atom stereocenters. The summed E-state index contributed by atoms with van der Waals surface area (Å²) < 4.78 is 6.09. The Balaban J connectivity index is 2.11. The number of nitrogens with two attached hydrogens (primary N) is 1. The summed E-state index contributed by atoms with van der Waals surface area (Å²) >= 11 is 3.37. The van der Waals surface area contributed by atoms with Crippen LogP contribution in [-0.2, 0) is 4.79 Å². The van der Waals surface area contributed by atoms with E-state index in [0.29, 0.717) is 17.9 Å². The second-order valence-corrected chi connectivity index (χ2v) is 5.14. The number of ether oxygens (including phenoxy) is 1. The van der Waals surface area contributed by atoms with Gasteiger partial charge in [-0.25, -0.2) is 0 Å². The first-order chi connectivity index (χ1) is 8.60. The Kier molecular flexibility index (Phi) is 4.04. The molecule has 0 fully saturated rings. The molecule has 1 amide bonds. The van der Waals surface area contributed by atoms with Crippen LogP contribution in [0.2, 0.25) is 0 Å². The molecule has 0 saturated heterocycles. The minimum absolute atomic E-state index is 0.0230. The molecule has 1 aromatic rings. The standard InChI is InChI=1S/C13H15BrN2O2/c1-18-12-5-3-9(14)7-11(12)16-13(17)8-2-4-10(15)6-8/h2-5,7-8,10H,6,15H2,1H3,(H,16,17). The lowest BCUT2D eigenvalue weighted by molar-refractivity contribution is -0.118. The van der Waals surface area contributed by atoms with E-state index in [0.717, 1.165) is 4.47 Å². The number of methoxy groups -OCH3 is 1. The molecule has 1 aromatic carbocycles. The van der Waals surface area contributed by atoms with Crippen LogP contribution in [0.15, 0.2) is 34.8 Å². The molecule has 0 bridgehead atoms. The first-order valence-electron chi connectivity index (χ1n) is 5.68. The number of carbonyl (C=O) groups excluding carboxylic acids is 1. The fourth-order valence-corrected chi connectivity index (χ4v) is 2.29. The van der Waals surface area contributed by atoms with E-state index in [4.69, 9.17) is 10.5 Å². The van der Waals surface area contributed by atoms with Gasteiger partial charge in [0.15, 0.2) is 0 Å². The van der Waals surface area contributed by atoms with Gasteiger partial charge in [-0.1, -0.05) is 28.1 Å². The van der Waals surface area contributed by atoms with E-state index in [1.165, 1.54) is 0 Å². The first kappa shape index (κ1) is 13.1. The van der Waals surface area contributed by atoms with Crippen LogP contribution in [-0.4, -0.2) is 19.1 Å². The molecule has 96 valence electrons. The molecule has 1 aliphatic rings. The minimum atomic E-state index is -0.163. The summed E-state index contributed by atoms with van der Waals surface area (Å²) in [6.07, 6.45) is 4.37. The highest BCUT2D eigenvalue weighted by Crippen LogP contribution is 2.29. The summed E-state index contributed by atoms with van der Waals surface area (Å²) in [5, 5.41) is 2.86. The van der Waals surface area contributed by atoms with E-state index in [1.807, 2.05) is 24.3 Å². The lowest BCUT2D eigenvalue weighted by Crippen LogP contribution is -2.24. The summed E-state index contributed by atoms with van der Waals surface area (Å²) in [7, 11) is 1.57. The molecule has 2 rings (SSSR count). The van der Waals surface area contributed by atoms with Crippen molar-refractivity contribution in [1.29, 1.82) is 0 Å². The van der Waals surface area contributed by atoms with Gasteiger partial charge in [-0.3, -0.25) is 4.79 Å². The van der Waals surface area contributed by atoms with E-state index in [2.05, 4.69) is 21.2 Å². The van der Waals surface area contributed by atoms with Crippen LogP contribution in [0.1, 0.15) is 6.42 Å². The Bertz CT molecular complexity index is 488. The Labute approximate surface area is 114 Å². The lowest BCUT2D eigenvalue weighted by Gasteiger charge is -2.13. The van der Waals surface area contributed by atoms with E-state index >= 15 is 0 Å². The van der Waals surface area contributed by atoms with Crippen molar-refractivity contribution in [2.24, 2.45) is 11.7 Å². The number of amides is 1. The van der Waals surface area contributed by atoms with Crippen LogP contribution in [0.3, 0.4) is 0 Å². The van der Waals surface area contributed by atoms with Crippen molar-refractivity contribution in [3.63, 3.8) is 0 Å². The third kappa shape index (κ3) is 2.91. The number of carbonyl (C=O) groups is 1. The molecular weight excluding hydrogens is 296 g/mol. The van der Waals surface area contributed by atoms with Crippen LogP contribution in [0, 0.1) is 5.92 Å². The summed E-state index contributed by atoms with van der Waals surface area (Å²) in [6.45, 7) is 0. The number of rotatable bonds is 3. The maximum atomic E-state index is 12.1. The normalized spacial score (nSPS) is 21.9. The van der Waals surface area contributed by atoms with Crippen molar-refractivity contribution in [2.75, 3.05) is 12.4 Å². The van der Waals surface area contributed by atoms with Crippen molar-refractivity contribution in [3.05, 3.63) is 34.8 Å². The van der Waals surface area contributed by atoms with E-state index in [-0.39, 0.29) is 17.9 Å². The van der Waals surface area contributed by atoms with Crippen LogP contribution in [0.4, 0.5) is 5.69 Å².